The highest BCUT2D eigenvalue weighted by Crippen LogP contribution is 2.20. The predicted octanol–water partition coefficient (Wildman–Crippen LogP) is 1.38. The molecule has 5 nitrogen and oxygen atoms in total. The molecule has 0 fully saturated rings. The van der Waals surface area contributed by atoms with E-state index in [1.54, 1.807) is 12.4 Å². The zero-order chi connectivity index (χ0) is 14.5. The molecule has 2 heterocycles. The van der Waals surface area contributed by atoms with Crippen molar-refractivity contribution in [1.29, 1.82) is 0 Å². The van der Waals surface area contributed by atoms with Gasteiger partial charge < -0.3 is 5.32 Å². The first-order valence-corrected chi connectivity index (χ1v) is 7.53. The Morgan fingerprint density at radius 3 is 2.71 bits per heavy atom. The van der Waals surface area contributed by atoms with E-state index in [1.807, 2.05) is 12.1 Å². The molecule has 0 saturated heterocycles. The van der Waals surface area contributed by atoms with Crippen LogP contribution in [0.25, 0.3) is 0 Å². The van der Waals surface area contributed by atoms with E-state index in [9.17, 15) is 4.79 Å². The normalized spacial score (nSPS) is 13.9. The van der Waals surface area contributed by atoms with Crippen LogP contribution < -0.4 is 10.9 Å². The van der Waals surface area contributed by atoms with Gasteiger partial charge in [-0.25, -0.2) is 5.10 Å². The Hall–Kier alpha value is -2.01. The second kappa shape index (κ2) is 6.63. The topological polar surface area (TPSA) is 70.7 Å². The largest absolute Gasteiger partial charge is 0.312 e. The van der Waals surface area contributed by atoms with Crippen molar-refractivity contribution in [2.24, 2.45) is 0 Å². The summed E-state index contributed by atoms with van der Waals surface area (Å²) in [7, 11) is 0. The van der Waals surface area contributed by atoms with E-state index in [0.29, 0.717) is 0 Å². The van der Waals surface area contributed by atoms with Gasteiger partial charge in [0.1, 0.15) is 0 Å². The first-order chi connectivity index (χ1) is 10.3. The Kier molecular flexibility index (Phi) is 4.40. The van der Waals surface area contributed by atoms with Crippen LogP contribution in [0, 0.1) is 0 Å². The van der Waals surface area contributed by atoms with Crippen molar-refractivity contribution in [2.45, 2.75) is 38.6 Å². The van der Waals surface area contributed by atoms with Crippen LogP contribution in [-0.4, -0.2) is 21.7 Å². The number of fused-ring (bicyclic) bond motifs is 1. The maximum atomic E-state index is 11.8. The molecule has 110 valence electrons. The summed E-state index contributed by atoms with van der Waals surface area (Å²) in [5.41, 5.74) is 4.42. The Morgan fingerprint density at radius 2 is 1.90 bits per heavy atom. The van der Waals surface area contributed by atoms with Crippen molar-refractivity contribution in [2.75, 3.05) is 6.54 Å². The van der Waals surface area contributed by atoms with Gasteiger partial charge in [0, 0.05) is 37.5 Å². The average molecular weight is 284 g/mol. The molecule has 5 heteroatoms. The summed E-state index contributed by atoms with van der Waals surface area (Å²) < 4.78 is 0. The highest BCUT2D eigenvalue weighted by atomic mass is 16.1. The van der Waals surface area contributed by atoms with Crippen LogP contribution >= 0.6 is 0 Å². The Bertz CT molecular complexity index is 651. The summed E-state index contributed by atoms with van der Waals surface area (Å²) in [6.07, 6.45) is 8.62. The van der Waals surface area contributed by atoms with Gasteiger partial charge in [0.25, 0.3) is 5.56 Å². The van der Waals surface area contributed by atoms with Crippen molar-refractivity contribution in [3.05, 3.63) is 57.3 Å². The van der Waals surface area contributed by atoms with Crippen LogP contribution in [0.3, 0.4) is 0 Å². The molecule has 2 N–H and O–H groups in total. The lowest BCUT2D eigenvalue weighted by molar-refractivity contribution is 0.630. The molecule has 0 aliphatic heterocycles. The molecule has 1 aliphatic carbocycles. The van der Waals surface area contributed by atoms with E-state index < -0.39 is 0 Å². The van der Waals surface area contributed by atoms with E-state index >= 15 is 0 Å². The summed E-state index contributed by atoms with van der Waals surface area (Å²) in [6.45, 7) is 1.68. The third-order valence-electron chi connectivity index (χ3n) is 4.00. The summed E-state index contributed by atoms with van der Waals surface area (Å²) in [5, 5.41) is 10.3. The van der Waals surface area contributed by atoms with E-state index in [2.05, 4.69) is 20.5 Å². The maximum absolute atomic E-state index is 11.8. The molecule has 0 aromatic carbocycles. The number of rotatable bonds is 5. The molecule has 0 spiro atoms. The second-order valence-corrected chi connectivity index (χ2v) is 5.45. The standard InChI is InChI=1S/C16H20N4O/c21-16-14-4-2-1-3-13(14)15(19-20-16)7-10-18-11-12-5-8-17-9-6-12/h5-6,8-9,18H,1-4,7,10-11H2,(H,20,21). The fourth-order valence-corrected chi connectivity index (χ4v) is 2.87. The van der Waals surface area contributed by atoms with Crippen molar-refractivity contribution >= 4 is 0 Å². The number of hydrogen-bond donors (Lipinski definition) is 2. The number of aromatic amines is 1. The molecule has 0 unspecified atom stereocenters. The highest BCUT2D eigenvalue weighted by molar-refractivity contribution is 5.30. The predicted molar refractivity (Wildman–Crippen MR) is 81.1 cm³/mol. The van der Waals surface area contributed by atoms with Gasteiger partial charge in [-0.15, -0.1) is 0 Å². The monoisotopic (exact) mass is 284 g/mol. The van der Waals surface area contributed by atoms with Gasteiger partial charge in [-0.3, -0.25) is 9.78 Å². The lowest BCUT2D eigenvalue weighted by atomic mass is 9.91. The van der Waals surface area contributed by atoms with Crippen LogP contribution in [0.5, 0.6) is 0 Å². The highest BCUT2D eigenvalue weighted by Gasteiger charge is 2.17. The fourth-order valence-electron chi connectivity index (χ4n) is 2.87. The molecule has 0 bridgehead atoms. The van der Waals surface area contributed by atoms with Gasteiger partial charge >= 0.3 is 0 Å². The number of aromatic nitrogens is 3. The lowest BCUT2D eigenvalue weighted by Crippen LogP contribution is -2.25. The molecule has 2 aromatic heterocycles. The van der Waals surface area contributed by atoms with Crippen LogP contribution in [-0.2, 0) is 25.8 Å². The minimum atomic E-state index is -0.00167. The minimum Gasteiger partial charge on any atom is -0.312 e. The minimum absolute atomic E-state index is 0.00167. The Balaban J connectivity index is 1.60. The van der Waals surface area contributed by atoms with Gasteiger partial charge in [-0.1, -0.05) is 0 Å². The SMILES string of the molecule is O=c1[nH]nc(CCNCc2ccncc2)c2c1CCCC2. The smallest absolute Gasteiger partial charge is 0.267 e. The number of hydrogen-bond acceptors (Lipinski definition) is 4. The van der Waals surface area contributed by atoms with Gasteiger partial charge in [0.2, 0.25) is 0 Å². The van der Waals surface area contributed by atoms with Crippen LogP contribution in [0.2, 0.25) is 0 Å². The first-order valence-electron chi connectivity index (χ1n) is 7.53. The van der Waals surface area contributed by atoms with E-state index in [4.69, 9.17) is 0 Å². The van der Waals surface area contributed by atoms with Crippen LogP contribution in [0.1, 0.15) is 35.2 Å². The van der Waals surface area contributed by atoms with Crippen LogP contribution in [0.15, 0.2) is 29.3 Å². The summed E-state index contributed by atoms with van der Waals surface area (Å²) in [6, 6.07) is 4.01. The van der Waals surface area contributed by atoms with Crippen LogP contribution in [0.4, 0.5) is 0 Å². The van der Waals surface area contributed by atoms with E-state index in [1.165, 1.54) is 11.1 Å². The van der Waals surface area contributed by atoms with Gasteiger partial charge in [-0.05, 0) is 48.9 Å². The molecule has 2 aromatic rings. The summed E-state index contributed by atoms with van der Waals surface area (Å²) >= 11 is 0. The fraction of sp³-hybridized carbons (Fsp3) is 0.438. The van der Waals surface area contributed by atoms with Crippen molar-refractivity contribution in [3.63, 3.8) is 0 Å². The zero-order valence-electron chi connectivity index (χ0n) is 12.1. The first kappa shape index (κ1) is 13.9. The summed E-state index contributed by atoms with van der Waals surface area (Å²) in [5.74, 6) is 0. The van der Waals surface area contributed by atoms with E-state index in [0.717, 1.165) is 56.5 Å². The second-order valence-electron chi connectivity index (χ2n) is 5.45. The molecule has 0 radical (unpaired) electrons. The molecule has 0 atom stereocenters. The Morgan fingerprint density at radius 1 is 1.14 bits per heavy atom. The molecule has 21 heavy (non-hydrogen) atoms. The number of pyridine rings is 1. The average Bonchev–Trinajstić information content (AvgIpc) is 2.55. The molecule has 3 rings (SSSR count). The quantitative estimate of drug-likeness (QED) is 0.814. The van der Waals surface area contributed by atoms with Gasteiger partial charge in [0.05, 0.1) is 5.69 Å². The summed E-state index contributed by atoms with van der Waals surface area (Å²) in [4.78, 5) is 15.8. The zero-order valence-corrected chi connectivity index (χ0v) is 12.1. The third kappa shape index (κ3) is 3.36. The molecule has 0 amide bonds. The van der Waals surface area contributed by atoms with Crippen molar-refractivity contribution in [1.82, 2.24) is 20.5 Å². The van der Waals surface area contributed by atoms with E-state index in [-0.39, 0.29) is 5.56 Å². The molecular weight excluding hydrogens is 264 g/mol. The van der Waals surface area contributed by atoms with Crippen molar-refractivity contribution in [3.8, 4) is 0 Å². The number of H-pyrrole nitrogens is 1. The maximum Gasteiger partial charge on any atom is 0.267 e. The molecule has 0 saturated carbocycles. The number of nitrogens with zero attached hydrogens (tertiary/aromatic N) is 2. The Labute approximate surface area is 123 Å². The van der Waals surface area contributed by atoms with Gasteiger partial charge in [0.15, 0.2) is 0 Å². The molecular formula is C16H20N4O. The number of nitrogens with one attached hydrogen (secondary N) is 2. The van der Waals surface area contributed by atoms with Gasteiger partial charge in [-0.2, -0.15) is 5.10 Å². The third-order valence-corrected chi connectivity index (χ3v) is 4.00. The van der Waals surface area contributed by atoms with Crippen molar-refractivity contribution < 1.29 is 0 Å². The lowest BCUT2D eigenvalue weighted by Gasteiger charge is -2.17. The molecule has 1 aliphatic rings.